The SMILES string of the molecule is CCN(CCCC(=O)c1ccncc1)CC(=O)O. The minimum Gasteiger partial charge on any atom is -0.480 e. The van der Waals surface area contributed by atoms with Gasteiger partial charge in [0.25, 0.3) is 0 Å². The van der Waals surface area contributed by atoms with E-state index >= 15 is 0 Å². The summed E-state index contributed by atoms with van der Waals surface area (Å²) < 4.78 is 0. The predicted molar refractivity (Wildman–Crippen MR) is 67.6 cm³/mol. The average Bonchev–Trinajstić information content (AvgIpc) is 2.38. The molecule has 0 fully saturated rings. The molecule has 0 atom stereocenters. The molecule has 0 aliphatic carbocycles. The summed E-state index contributed by atoms with van der Waals surface area (Å²) in [7, 11) is 0. The van der Waals surface area contributed by atoms with Crippen LogP contribution in [0, 0.1) is 0 Å². The fraction of sp³-hybridized carbons (Fsp3) is 0.462. The quantitative estimate of drug-likeness (QED) is 0.707. The van der Waals surface area contributed by atoms with Crippen molar-refractivity contribution < 1.29 is 14.7 Å². The third kappa shape index (κ3) is 5.05. The maximum Gasteiger partial charge on any atom is 0.317 e. The number of aliphatic carboxylic acids is 1. The molecule has 18 heavy (non-hydrogen) atoms. The van der Waals surface area contributed by atoms with Crippen LogP contribution in [0.15, 0.2) is 24.5 Å². The number of aromatic nitrogens is 1. The van der Waals surface area contributed by atoms with Gasteiger partial charge in [-0.1, -0.05) is 6.92 Å². The first kappa shape index (κ1) is 14.3. The molecular weight excluding hydrogens is 232 g/mol. The highest BCUT2D eigenvalue weighted by Gasteiger charge is 2.09. The van der Waals surface area contributed by atoms with Crippen LogP contribution in [0.2, 0.25) is 0 Å². The molecule has 0 saturated carbocycles. The van der Waals surface area contributed by atoms with E-state index in [0.29, 0.717) is 31.5 Å². The topological polar surface area (TPSA) is 70.5 Å². The molecular formula is C13H18N2O3. The van der Waals surface area contributed by atoms with Crippen molar-refractivity contribution in [2.24, 2.45) is 0 Å². The minimum absolute atomic E-state index is 0.0277. The van der Waals surface area contributed by atoms with E-state index in [4.69, 9.17) is 5.11 Å². The molecule has 0 aliphatic rings. The third-order valence-corrected chi connectivity index (χ3v) is 2.69. The number of rotatable bonds is 8. The van der Waals surface area contributed by atoms with Gasteiger partial charge in [-0.3, -0.25) is 19.5 Å². The molecule has 0 spiro atoms. The van der Waals surface area contributed by atoms with Crippen molar-refractivity contribution in [1.29, 1.82) is 0 Å². The molecule has 0 aliphatic heterocycles. The number of carbonyl (C=O) groups excluding carboxylic acids is 1. The third-order valence-electron chi connectivity index (χ3n) is 2.69. The second-order valence-electron chi connectivity index (χ2n) is 4.03. The molecule has 0 radical (unpaired) electrons. The van der Waals surface area contributed by atoms with Gasteiger partial charge >= 0.3 is 5.97 Å². The van der Waals surface area contributed by atoms with Crippen LogP contribution in [0.5, 0.6) is 0 Å². The molecule has 0 aromatic carbocycles. The molecule has 5 nitrogen and oxygen atoms in total. The lowest BCUT2D eigenvalue weighted by Crippen LogP contribution is -2.30. The lowest BCUT2D eigenvalue weighted by molar-refractivity contribution is -0.138. The second kappa shape index (κ2) is 7.55. The van der Waals surface area contributed by atoms with E-state index < -0.39 is 5.97 Å². The van der Waals surface area contributed by atoms with E-state index in [1.54, 1.807) is 24.5 Å². The van der Waals surface area contributed by atoms with Crippen molar-refractivity contribution in [3.8, 4) is 0 Å². The Morgan fingerprint density at radius 3 is 2.56 bits per heavy atom. The fourth-order valence-electron chi connectivity index (χ4n) is 1.69. The van der Waals surface area contributed by atoms with Crippen molar-refractivity contribution in [3.05, 3.63) is 30.1 Å². The summed E-state index contributed by atoms with van der Waals surface area (Å²) in [6, 6.07) is 3.38. The number of carboxylic acid groups (broad SMARTS) is 1. The lowest BCUT2D eigenvalue weighted by atomic mass is 10.1. The van der Waals surface area contributed by atoms with Crippen LogP contribution < -0.4 is 0 Å². The van der Waals surface area contributed by atoms with Gasteiger partial charge in [0, 0.05) is 24.4 Å². The van der Waals surface area contributed by atoms with Crippen molar-refractivity contribution in [2.75, 3.05) is 19.6 Å². The number of likely N-dealkylation sites (N-methyl/N-ethyl adjacent to an activating group) is 1. The number of Topliss-reactive ketones (excluding diaryl/α,β-unsaturated/α-hetero) is 1. The number of hydrogen-bond acceptors (Lipinski definition) is 4. The monoisotopic (exact) mass is 250 g/mol. The second-order valence-corrected chi connectivity index (χ2v) is 4.03. The van der Waals surface area contributed by atoms with Crippen LogP contribution in [0.1, 0.15) is 30.1 Å². The van der Waals surface area contributed by atoms with E-state index in [2.05, 4.69) is 4.98 Å². The van der Waals surface area contributed by atoms with Gasteiger partial charge in [-0.15, -0.1) is 0 Å². The summed E-state index contributed by atoms with van der Waals surface area (Å²) in [5.41, 5.74) is 0.659. The van der Waals surface area contributed by atoms with Crippen LogP contribution in [0.3, 0.4) is 0 Å². The van der Waals surface area contributed by atoms with E-state index in [-0.39, 0.29) is 12.3 Å². The molecule has 1 heterocycles. The van der Waals surface area contributed by atoms with Crippen molar-refractivity contribution in [2.45, 2.75) is 19.8 Å². The number of hydrogen-bond donors (Lipinski definition) is 1. The van der Waals surface area contributed by atoms with Gasteiger partial charge in [0.05, 0.1) is 6.54 Å². The standard InChI is InChI=1S/C13H18N2O3/c1-2-15(10-13(17)18)9-3-4-12(16)11-5-7-14-8-6-11/h5-8H,2-4,9-10H2,1H3,(H,17,18). The Kier molecular flexibility index (Phi) is 6.00. The van der Waals surface area contributed by atoms with Crippen molar-refractivity contribution in [3.63, 3.8) is 0 Å². The number of carbonyl (C=O) groups is 2. The Morgan fingerprint density at radius 2 is 2.00 bits per heavy atom. The number of pyridine rings is 1. The van der Waals surface area contributed by atoms with Gasteiger partial charge in [0.15, 0.2) is 5.78 Å². The first-order valence-electron chi connectivity index (χ1n) is 6.01. The Bertz CT molecular complexity index is 392. The zero-order valence-corrected chi connectivity index (χ0v) is 10.5. The molecule has 5 heteroatoms. The summed E-state index contributed by atoms with van der Waals surface area (Å²) in [6.45, 7) is 3.24. The zero-order chi connectivity index (χ0) is 13.4. The highest BCUT2D eigenvalue weighted by molar-refractivity contribution is 5.95. The Hall–Kier alpha value is -1.75. The molecule has 0 amide bonds. The smallest absolute Gasteiger partial charge is 0.317 e. The highest BCUT2D eigenvalue weighted by atomic mass is 16.4. The van der Waals surface area contributed by atoms with E-state index in [9.17, 15) is 9.59 Å². The van der Waals surface area contributed by atoms with Crippen LogP contribution in [-0.2, 0) is 4.79 Å². The van der Waals surface area contributed by atoms with Crippen LogP contribution >= 0.6 is 0 Å². The first-order valence-corrected chi connectivity index (χ1v) is 6.01. The van der Waals surface area contributed by atoms with Crippen LogP contribution in [0.25, 0.3) is 0 Å². The van der Waals surface area contributed by atoms with E-state index in [1.165, 1.54) is 0 Å². The van der Waals surface area contributed by atoms with Gasteiger partial charge in [-0.2, -0.15) is 0 Å². The number of ketones is 1. The van der Waals surface area contributed by atoms with Crippen LogP contribution in [-0.4, -0.2) is 46.4 Å². The van der Waals surface area contributed by atoms with Gasteiger partial charge in [-0.05, 0) is 31.6 Å². The summed E-state index contributed by atoms with van der Waals surface area (Å²) in [5.74, 6) is -0.763. The van der Waals surface area contributed by atoms with Crippen LogP contribution in [0.4, 0.5) is 0 Å². The molecule has 0 bridgehead atoms. The summed E-state index contributed by atoms with van der Waals surface area (Å²) in [6.07, 6.45) is 4.29. The van der Waals surface area contributed by atoms with Gasteiger partial charge in [0.1, 0.15) is 0 Å². The Balaban J connectivity index is 2.33. The van der Waals surface area contributed by atoms with E-state index in [1.807, 2.05) is 11.8 Å². The Morgan fingerprint density at radius 1 is 1.33 bits per heavy atom. The Labute approximate surface area is 106 Å². The average molecular weight is 250 g/mol. The first-order chi connectivity index (χ1) is 8.63. The molecule has 0 unspecified atom stereocenters. The molecule has 1 aromatic rings. The molecule has 0 saturated heterocycles. The molecule has 98 valence electrons. The van der Waals surface area contributed by atoms with E-state index in [0.717, 1.165) is 0 Å². The molecule has 1 N–H and O–H groups in total. The minimum atomic E-state index is -0.836. The van der Waals surface area contributed by atoms with Gasteiger partial charge in [-0.25, -0.2) is 0 Å². The molecule has 1 rings (SSSR count). The van der Waals surface area contributed by atoms with Gasteiger partial charge < -0.3 is 5.11 Å². The maximum absolute atomic E-state index is 11.8. The highest BCUT2D eigenvalue weighted by Crippen LogP contribution is 2.04. The largest absolute Gasteiger partial charge is 0.480 e. The lowest BCUT2D eigenvalue weighted by Gasteiger charge is -2.17. The predicted octanol–water partition coefficient (Wildman–Crippen LogP) is 1.45. The normalized spacial score (nSPS) is 10.6. The number of carboxylic acids is 1. The molecule has 1 aromatic heterocycles. The maximum atomic E-state index is 11.8. The van der Waals surface area contributed by atoms with Crippen molar-refractivity contribution in [1.82, 2.24) is 9.88 Å². The summed E-state index contributed by atoms with van der Waals surface area (Å²) >= 11 is 0. The summed E-state index contributed by atoms with van der Waals surface area (Å²) in [4.78, 5) is 28.0. The fourth-order valence-corrected chi connectivity index (χ4v) is 1.69. The van der Waals surface area contributed by atoms with Crippen molar-refractivity contribution >= 4 is 11.8 Å². The zero-order valence-electron chi connectivity index (χ0n) is 10.5. The number of nitrogens with zero attached hydrogens (tertiary/aromatic N) is 2. The van der Waals surface area contributed by atoms with Gasteiger partial charge in [0.2, 0.25) is 0 Å². The summed E-state index contributed by atoms with van der Waals surface area (Å²) in [5, 5.41) is 8.69.